The molecule has 0 amide bonds. The van der Waals surface area contributed by atoms with E-state index in [1.54, 1.807) is 0 Å². The predicted octanol–water partition coefficient (Wildman–Crippen LogP) is 5.22. The molecule has 4 rings (SSSR count). The molecule has 28 heavy (non-hydrogen) atoms. The second kappa shape index (κ2) is 8.00. The first kappa shape index (κ1) is 18.5. The smallest absolute Gasteiger partial charge is 0.226 e. The molecule has 1 saturated heterocycles. The first-order valence-corrected chi connectivity index (χ1v) is 9.95. The molecule has 142 valence electrons. The number of likely N-dealkylation sites (tertiary alicyclic amines) is 1. The third-order valence-corrected chi connectivity index (χ3v) is 5.70. The van der Waals surface area contributed by atoms with Crippen LogP contribution in [0.2, 0.25) is 0 Å². The van der Waals surface area contributed by atoms with Gasteiger partial charge in [0.15, 0.2) is 0 Å². The third kappa shape index (κ3) is 3.85. The molecule has 4 nitrogen and oxygen atoms in total. The van der Waals surface area contributed by atoms with Crippen molar-refractivity contribution in [1.29, 1.82) is 5.26 Å². The van der Waals surface area contributed by atoms with Gasteiger partial charge >= 0.3 is 0 Å². The fourth-order valence-corrected chi connectivity index (χ4v) is 3.90. The van der Waals surface area contributed by atoms with E-state index in [1.165, 1.54) is 19.4 Å². The SMILES string of the molecule is Cc1oc(-c2ccc(-c3ccc(C#N)cc3)cc2)nc1CCN1CCC[C@H]1C. The highest BCUT2D eigenvalue weighted by Crippen LogP contribution is 2.27. The molecule has 0 radical (unpaired) electrons. The molecule has 3 aromatic rings. The Bertz CT molecular complexity index is 980. The summed E-state index contributed by atoms with van der Waals surface area (Å²) in [6, 6.07) is 18.7. The lowest BCUT2D eigenvalue weighted by atomic mass is 10.0. The van der Waals surface area contributed by atoms with Crippen molar-refractivity contribution in [3.8, 4) is 28.7 Å². The maximum absolute atomic E-state index is 8.93. The van der Waals surface area contributed by atoms with Crippen LogP contribution in [0.4, 0.5) is 0 Å². The number of aryl methyl sites for hydroxylation is 1. The van der Waals surface area contributed by atoms with Crippen molar-refractivity contribution in [2.45, 2.75) is 39.2 Å². The highest BCUT2D eigenvalue weighted by molar-refractivity contribution is 5.68. The lowest BCUT2D eigenvalue weighted by Gasteiger charge is -2.20. The van der Waals surface area contributed by atoms with E-state index in [-0.39, 0.29) is 0 Å². The van der Waals surface area contributed by atoms with Crippen LogP contribution in [-0.2, 0) is 6.42 Å². The number of oxazole rings is 1. The van der Waals surface area contributed by atoms with Gasteiger partial charge in [0, 0.05) is 24.6 Å². The topological polar surface area (TPSA) is 53.1 Å². The fraction of sp³-hybridized carbons (Fsp3) is 0.333. The Kier molecular flexibility index (Phi) is 5.27. The number of nitriles is 1. The van der Waals surface area contributed by atoms with Crippen LogP contribution in [0.5, 0.6) is 0 Å². The molecule has 1 atom stereocenters. The molecule has 1 aliphatic heterocycles. The maximum atomic E-state index is 8.93. The number of nitrogens with zero attached hydrogens (tertiary/aromatic N) is 3. The van der Waals surface area contributed by atoms with Gasteiger partial charge in [0.05, 0.1) is 17.3 Å². The van der Waals surface area contributed by atoms with Gasteiger partial charge in [-0.3, -0.25) is 0 Å². The van der Waals surface area contributed by atoms with Gasteiger partial charge in [-0.05, 0) is 68.6 Å². The van der Waals surface area contributed by atoms with Crippen LogP contribution in [0.1, 0.15) is 36.8 Å². The highest BCUT2D eigenvalue weighted by atomic mass is 16.4. The zero-order valence-corrected chi connectivity index (χ0v) is 16.5. The van der Waals surface area contributed by atoms with Crippen LogP contribution >= 0.6 is 0 Å². The Balaban J connectivity index is 1.47. The minimum absolute atomic E-state index is 0.673. The first-order valence-electron chi connectivity index (χ1n) is 9.95. The lowest BCUT2D eigenvalue weighted by Crippen LogP contribution is -2.29. The van der Waals surface area contributed by atoms with E-state index >= 15 is 0 Å². The predicted molar refractivity (Wildman–Crippen MR) is 111 cm³/mol. The highest BCUT2D eigenvalue weighted by Gasteiger charge is 2.21. The summed E-state index contributed by atoms with van der Waals surface area (Å²) in [5.74, 6) is 1.60. The standard InChI is InChI=1S/C24H25N3O/c1-17-4-3-14-27(17)15-13-23-18(2)28-24(26-23)22-11-9-21(10-12-22)20-7-5-19(16-25)6-8-20/h5-12,17H,3-4,13-15H2,1-2H3/t17-/m1/s1. The summed E-state index contributed by atoms with van der Waals surface area (Å²) >= 11 is 0. The van der Waals surface area contributed by atoms with Crippen molar-refractivity contribution in [2.75, 3.05) is 13.1 Å². The molecule has 0 bridgehead atoms. The van der Waals surface area contributed by atoms with Crippen molar-refractivity contribution in [1.82, 2.24) is 9.88 Å². The lowest BCUT2D eigenvalue weighted by molar-refractivity contribution is 0.271. The summed E-state index contributed by atoms with van der Waals surface area (Å²) < 4.78 is 5.95. The molecule has 0 spiro atoms. The third-order valence-electron chi connectivity index (χ3n) is 5.70. The number of hydrogen-bond acceptors (Lipinski definition) is 4. The molecule has 4 heteroatoms. The Morgan fingerprint density at radius 2 is 1.71 bits per heavy atom. The molecule has 2 aromatic carbocycles. The number of aromatic nitrogens is 1. The molecular weight excluding hydrogens is 346 g/mol. The van der Waals surface area contributed by atoms with Gasteiger partial charge in [-0.2, -0.15) is 5.26 Å². The Morgan fingerprint density at radius 1 is 1.07 bits per heavy atom. The summed E-state index contributed by atoms with van der Waals surface area (Å²) in [5, 5.41) is 8.93. The van der Waals surface area contributed by atoms with Gasteiger partial charge in [-0.25, -0.2) is 4.98 Å². The molecule has 1 aromatic heterocycles. The van der Waals surface area contributed by atoms with E-state index < -0.39 is 0 Å². The number of hydrogen-bond donors (Lipinski definition) is 0. The number of rotatable bonds is 5. The van der Waals surface area contributed by atoms with Gasteiger partial charge < -0.3 is 9.32 Å². The summed E-state index contributed by atoms with van der Waals surface area (Å²) in [6.45, 7) is 6.56. The molecule has 0 unspecified atom stereocenters. The summed E-state index contributed by atoms with van der Waals surface area (Å²) in [5.41, 5.74) is 4.92. The zero-order valence-electron chi connectivity index (χ0n) is 16.5. The molecule has 0 aliphatic carbocycles. The molecule has 1 fully saturated rings. The van der Waals surface area contributed by atoms with E-state index in [0.717, 1.165) is 41.1 Å². The minimum atomic E-state index is 0.673. The number of benzene rings is 2. The molecule has 0 saturated carbocycles. The van der Waals surface area contributed by atoms with Gasteiger partial charge in [0.2, 0.25) is 5.89 Å². The van der Waals surface area contributed by atoms with Crippen LogP contribution in [0.15, 0.2) is 52.9 Å². The van der Waals surface area contributed by atoms with Gasteiger partial charge in [0.25, 0.3) is 0 Å². The fourth-order valence-electron chi connectivity index (χ4n) is 3.90. The average molecular weight is 371 g/mol. The first-order chi connectivity index (χ1) is 13.6. The molecule has 0 N–H and O–H groups in total. The average Bonchev–Trinajstić information content (AvgIpc) is 3.31. The van der Waals surface area contributed by atoms with E-state index in [4.69, 9.17) is 14.7 Å². The second-order valence-corrected chi connectivity index (χ2v) is 7.57. The van der Waals surface area contributed by atoms with E-state index in [9.17, 15) is 0 Å². The largest absolute Gasteiger partial charge is 0.441 e. The normalized spacial score (nSPS) is 17.0. The van der Waals surface area contributed by atoms with Crippen molar-refractivity contribution in [3.05, 3.63) is 65.5 Å². The second-order valence-electron chi connectivity index (χ2n) is 7.57. The Morgan fingerprint density at radius 3 is 2.32 bits per heavy atom. The van der Waals surface area contributed by atoms with E-state index in [0.29, 0.717) is 17.5 Å². The van der Waals surface area contributed by atoms with Gasteiger partial charge in [-0.15, -0.1) is 0 Å². The van der Waals surface area contributed by atoms with Gasteiger partial charge in [-0.1, -0.05) is 24.3 Å². The summed E-state index contributed by atoms with van der Waals surface area (Å²) in [4.78, 5) is 7.30. The van der Waals surface area contributed by atoms with Crippen molar-refractivity contribution in [3.63, 3.8) is 0 Å². The molecule has 2 heterocycles. The van der Waals surface area contributed by atoms with Crippen LogP contribution in [0, 0.1) is 18.3 Å². The Labute approximate surface area is 166 Å². The van der Waals surface area contributed by atoms with Crippen LogP contribution in [-0.4, -0.2) is 29.0 Å². The van der Waals surface area contributed by atoms with Crippen molar-refractivity contribution < 1.29 is 4.42 Å². The quantitative estimate of drug-likeness (QED) is 0.617. The van der Waals surface area contributed by atoms with Crippen LogP contribution in [0.25, 0.3) is 22.6 Å². The Hall–Kier alpha value is -2.90. The van der Waals surface area contributed by atoms with Crippen molar-refractivity contribution in [2.24, 2.45) is 0 Å². The maximum Gasteiger partial charge on any atom is 0.226 e. The van der Waals surface area contributed by atoms with Gasteiger partial charge in [0.1, 0.15) is 5.76 Å². The van der Waals surface area contributed by atoms with Crippen LogP contribution in [0.3, 0.4) is 0 Å². The minimum Gasteiger partial charge on any atom is -0.441 e. The van der Waals surface area contributed by atoms with Crippen molar-refractivity contribution >= 4 is 0 Å². The summed E-state index contributed by atoms with van der Waals surface area (Å²) in [7, 11) is 0. The summed E-state index contributed by atoms with van der Waals surface area (Å²) in [6.07, 6.45) is 3.54. The zero-order chi connectivity index (χ0) is 19.5. The van der Waals surface area contributed by atoms with E-state index in [1.807, 2.05) is 43.3 Å². The molecule has 1 aliphatic rings. The van der Waals surface area contributed by atoms with Crippen LogP contribution < -0.4 is 0 Å². The monoisotopic (exact) mass is 371 g/mol. The molecular formula is C24H25N3O. The van der Waals surface area contributed by atoms with E-state index in [2.05, 4.69) is 30.0 Å².